The predicted octanol–water partition coefficient (Wildman–Crippen LogP) is 4.24. The van der Waals surface area contributed by atoms with Gasteiger partial charge in [-0.05, 0) is 30.3 Å². The summed E-state index contributed by atoms with van der Waals surface area (Å²) in [6.07, 6.45) is 0. The van der Waals surface area contributed by atoms with Crippen molar-refractivity contribution in [1.29, 1.82) is 0 Å². The van der Waals surface area contributed by atoms with Gasteiger partial charge >= 0.3 is 0 Å². The van der Waals surface area contributed by atoms with Crippen molar-refractivity contribution >= 4 is 49.7 Å². The lowest BCUT2D eigenvalue weighted by atomic mass is 10.0. The molecule has 2 N–H and O–H groups in total. The monoisotopic (exact) mass is 358 g/mol. The average molecular weight is 359 g/mol. The number of rotatable bonds is 2. The summed E-state index contributed by atoms with van der Waals surface area (Å²) in [5, 5.41) is 4.81. The topological polar surface area (TPSA) is 78.8 Å². The lowest BCUT2D eigenvalue weighted by molar-refractivity contribution is 0.484. The number of anilines is 1. The van der Waals surface area contributed by atoms with Crippen LogP contribution in [0.5, 0.6) is 0 Å². The minimum Gasteiger partial charge on any atom is -0.339 e. The first-order valence-corrected chi connectivity index (χ1v) is 8.91. The van der Waals surface area contributed by atoms with Crippen molar-refractivity contribution in [3.05, 3.63) is 65.2 Å². The summed E-state index contributed by atoms with van der Waals surface area (Å²) in [5.74, 6) is 0.584. The molecule has 7 heteroatoms. The van der Waals surface area contributed by atoms with E-state index in [9.17, 15) is 13.0 Å². The van der Waals surface area contributed by atoms with Crippen molar-refractivity contribution in [3.8, 4) is 0 Å². The van der Waals surface area contributed by atoms with Crippen LogP contribution in [-0.4, -0.2) is 18.8 Å². The van der Waals surface area contributed by atoms with Gasteiger partial charge in [-0.1, -0.05) is 35.9 Å². The Labute approximate surface area is 143 Å². The Morgan fingerprint density at radius 1 is 1.00 bits per heavy atom. The molecule has 0 saturated carbocycles. The molecule has 0 amide bonds. The second kappa shape index (κ2) is 5.31. The maximum atomic E-state index is 11.6. The van der Waals surface area contributed by atoms with E-state index < -0.39 is 10.1 Å². The van der Waals surface area contributed by atoms with E-state index in [-0.39, 0.29) is 4.90 Å². The van der Waals surface area contributed by atoms with Crippen LogP contribution in [-0.2, 0) is 10.1 Å². The van der Waals surface area contributed by atoms with Gasteiger partial charge in [0.15, 0.2) is 0 Å². The first-order chi connectivity index (χ1) is 11.4. The molecule has 3 aromatic carbocycles. The van der Waals surface area contributed by atoms with Crippen molar-refractivity contribution in [2.24, 2.45) is 4.99 Å². The zero-order valence-corrected chi connectivity index (χ0v) is 13.8. The quantitative estimate of drug-likeness (QED) is 0.671. The number of aliphatic imine (C=N–C) groups is 1. The van der Waals surface area contributed by atoms with Crippen LogP contribution in [0.25, 0.3) is 10.8 Å². The molecule has 3 aromatic rings. The third-order valence-corrected chi connectivity index (χ3v) is 5.11. The largest absolute Gasteiger partial charge is 0.339 e. The van der Waals surface area contributed by atoms with E-state index in [0.717, 1.165) is 5.56 Å². The number of nitrogens with zero attached hydrogens (tertiary/aromatic N) is 1. The van der Waals surface area contributed by atoms with E-state index in [4.69, 9.17) is 11.6 Å². The highest BCUT2D eigenvalue weighted by molar-refractivity contribution is 7.86. The van der Waals surface area contributed by atoms with Crippen LogP contribution in [0.4, 0.5) is 11.4 Å². The Hall–Kier alpha value is -2.41. The van der Waals surface area contributed by atoms with E-state index >= 15 is 0 Å². The molecule has 0 spiro atoms. The fraction of sp³-hybridized carbons (Fsp3) is 0. The standard InChI is InChI=1S/C17H11ClN2O3S/c18-12-6-2-1-4-10(12)17-19-13-7-3-5-11-15(24(21,22)23)9-8-14(20-17)16(11)13/h1-9H,(H,19,20)(H,21,22,23). The molecule has 5 nitrogen and oxygen atoms in total. The summed E-state index contributed by atoms with van der Waals surface area (Å²) < 4.78 is 32.6. The van der Waals surface area contributed by atoms with E-state index in [1.807, 2.05) is 24.3 Å². The highest BCUT2D eigenvalue weighted by Gasteiger charge is 2.22. The summed E-state index contributed by atoms with van der Waals surface area (Å²) in [4.78, 5) is 4.42. The van der Waals surface area contributed by atoms with Gasteiger partial charge in [0.1, 0.15) is 10.7 Å². The third kappa shape index (κ3) is 2.36. The van der Waals surface area contributed by atoms with Crippen molar-refractivity contribution in [2.45, 2.75) is 4.90 Å². The van der Waals surface area contributed by atoms with Gasteiger partial charge in [0.2, 0.25) is 0 Å². The normalized spacial score (nSPS) is 13.5. The molecular formula is C17H11ClN2O3S. The van der Waals surface area contributed by atoms with Crippen molar-refractivity contribution in [1.82, 2.24) is 0 Å². The van der Waals surface area contributed by atoms with E-state index in [0.29, 0.717) is 33.0 Å². The molecule has 1 aliphatic heterocycles. The van der Waals surface area contributed by atoms with Crippen molar-refractivity contribution in [2.75, 3.05) is 5.32 Å². The van der Waals surface area contributed by atoms with Crippen molar-refractivity contribution < 1.29 is 13.0 Å². The summed E-state index contributed by atoms with van der Waals surface area (Å²) in [5.41, 5.74) is 2.07. The predicted molar refractivity (Wildman–Crippen MR) is 95.0 cm³/mol. The van der Waals surface area contributed by atoms with Crippen LogP contribution in [0, 0.1) is 0 Å². The molecule has 0 atom stereocenters. The number of halogens is 1. The number of benzene rings is 3. The molecule has 0 fully saturated rings. The fourth-order valence-corrected chi connectivity index (χ4v) is 3.75. The van der Waals surface area contributed by atoms with E-state index in [2.05, 4.69) is 10.3 Å². The zero-order chi connectivity index (χ0) is 16.9. The van der Waals surface area contributed by atoms with Gasteiger partial charge in [-0.2, -0.15) is 8.42 Å². The summed E-state index contributed by atoms with van der Waals surface area (Å²) in [7, 11) is -4.32. The van der Waals surface area contributed by atoms with Gasteiger partial charge in [0.25, 0.3) is 10.1 Å². The maximum absolute atomic E-state index is 11.6. The van der Waals surface area contributed by atoms with Crippen LogP contribution in [0.2, 0.25) is 5.02 Å². The number of amidine groups is 1. The molecule has 0 bridgehead atoms. The van der Waals surface area contributed by atoms with Gasteiger partial charge < -0.3 is 5.32 Å². The molecule has 0 aliphatic carbocycles. The molecule has 120 valence electrons. The van der Waals surface area contributed by atoms with Crippen LogP contribution < -0.4 is 5.32 Å². The first kappa shape index (κ1) is 15.1. The van der Waals surface area contributed by atoms with Gasteiger partial charge in [-0.25, -0.2) is 4.99 Å². The molecule has 1 aliphatic rings. The fourth-order valence-electron chi connectivity index (χ4n) is 2.84. The Kier molecular flexibility index (Phi) is 3.35. The molecule has 0 radical (unpaired) electrons. The highest BCUT2D eigenvalue weighted by atomic mass is 35.5. The number of hydrogen-bond donors (Lipinski definition) is 2. The molecule has 1 heterocycles. The summed E-state index contributed by atoms with van der Waals surface area (Å²) in [6, 6.07) is 15.4. The number of nitrogens with one attached hydrogen (secondary N) is 1. The Bertz CT molecular complexity index is 1120. The van der Waals surface area contributed by atoms with Gasteiger partial charge in [-0.15, -0.1) is 0 Å². The lowest BCUT2D eigenvalue weighted by Gasteiger charge is -2.20. The van der Waals surface area contributed by atoms with Gasteiger partial charge in [0.05, 0.1) is 10.7 Å². The van der Waals surface area contributed by atoms with Crippen LogP contribution in [0.1, 0.15) is 5.56 Å². The first-order valence-electron chi connectivity index (χ1n) is 7.09. The van der Waals surface area contributed by atoms with Crippen LogP contribution in [0.3, 0.4) is 0 Å². The third-order valence-electron chi connectivity index (χ3n) is 3.87. The van der Waals surface area contributed by atoms with E-state index in [1.165, 1.54) is 6.07 Å². The van der Waals surface area contributed by atoms with Crippen molar-refractivity contribution in [3.63, 3.8) is 0 Å². The second-order valence-electron chi connectivity index (χ2n) is 5.35. The Morgan fingerprint density at radius 2 is 1.79 bits per heavy atom. The minimum atomic E-state index is -4.32. The van der Waals surface area contributed by atoms with Crippen LogP contribution in [0.15, 0.2) is 64.5 Å². The zero-order valence-electron chi connectivity index (χ0n) is 12.2. The molecular weight excluding hydrogens is 348 g/mol. The molecule has 24 heavy (non-hydrogen) atoms. The lowest BCUT2D eigenvalue weighted by Crippen LogP contribution is -2.17. The van der Waals surface area contributed by atoms with Gasteiger partial charge in [-0.3, -0.25) is 4.55 Å². The molecule has 0 saturated heterocycles. The van der Waals surface area contributed by atoms with Crippen LogP contribution >= 0.6 is 11.6 Å². The molecule has 0 unspecified atom stereocenters. The summed E-state index contributed by atoms with van der Waals surface area (Å²) in [6.45, 7) is 0. The average Bonchev–Trinajstić information content (AvgIpc) is 2.54. The smallest absolute Gasteiger partial charge is 0.295 e. The highest BCUT2D eigenvalue weighted by Crippen LogP contribution is 2.39. The minimum absolute atomic E-state index is 0.138. The SMILES string of the molecule is O=S(=O)(O)c1ccc2c3c(cccc13)NC(c1ccccc1Cl)=N2. The maximum Gasteiger partial charge on any atom is 0.295 e. The Balaban J connectivity index is 2.00. The second-order valence-corrected chi connectivity index (χ2v) is 7.15. The number of hydrogen-bond acceptors (Lipinski definition) is 4. The van der Waals surface area contributed by atoms with E-state index in [1.54, 1.807) is 24.3 Å². The Morgan fingerprint density at radius 3 is 2.54 bits per heavy atom. The van der Waals surface area contributed by atoms with Gasteiger partial charge in [0, 0.05) is 22.0 Å². The summed E-state index contributed by atoms with van der Waals surface area (Å²) >= 11 is 6.24. The molecule has 4 rings (SSSR count). The molecule has 0 aromatic heterocycles.